The van der Waals surface area contributed by atoms with Gasteiger partial charge in [-0.1, -0.05) is 41.9 Å². The molecular formula is C22H21ClN4O. The van der Waals surface area contributed by atoms with E-state index in [2.05, 4.69) is 44.4 Å². The van der Waals surface area contributed by atoms with Crippen molar-refractivity contribution in [3.63, 3.8) is 0 Å². The minimum absolute atomic E-state index is 0.239. The van der Waals surface area contributed by atoms with Gasteiger partial charge in [0.05, 0.1) is 22.5 Å². The number of para-hydroxylation sites is 1. The Morgan fingerprint density at radius 3 is 2.21 bits per heavy atom. The highest BCUT2D eigenvalue weighted by atomic mass is 35.5. The van der Waals surface area contributed by atoms with E-state index in [1.165, 1.54) is 5.69 Å². The predicted octanol–water partition coefficient (Wildman–Crippen LogP) is 4.31. The fraction of sp³-hybridized carbons (Fsp3) is 0.182. The number of hydrogen-bond acceptors (Lipinski definition) is 4. The number of carbonyl (C=O) groups is 1. The molecule has 0 aliphatic carbocycles. The average molecular weight is 393 g/mol. The first-order chi connectivity index (χ1) is 13.7. The normalized spacial score (nSPS) is 14.0. The number of nitrogens with one attached hydrogen (secondary N) is 1. The maximum atomic E-state index is 12.4. The van der Waals surface area contributed by atoms with Gasteiger partial charge in [0, 0.05) is 31.9 Å². The second-order valence-electron chi connectivity index (χ2n) is 6.65. The van der Waals surface area contributed by atoms with E-state index < -0.39 is 0 Å². The van der Waals surface area contributed by atoms with Crippen molar-refractivity contribution in [2.75, 3.05) is 41.3 Å². The molecule has 1 aliphatic heterocycles. The second-order valence-corrected chi connectivity index (χ2v) is 7.06. The minimum atomic E-state index is -0.239. The number of piperazine rings is 1. The monoisotopic (exact) mass is 392 g/mol. The summed E-state index contributed by atoms with van der Waals surface area (Å²) in [5, 5.41) is 3.28. The third kappa shape index (κ3) is 4.10. The molecule has 0 radical (unpaired) electrons. The van der Waals surface area contributed by atoms with Crippen LogP contribution in [0.5, 0.6) is 0 Å². The molecule has 2 heterocycles. The molecule has 4 rings (SSSR count). The van der Waals surface area contributed by atoms with Crippen molar-refractivity contribution < 1.29 is 4.79 Å². The maximum absolute atomic E-state index is 12.4. The van der Waals surface area contributed by atoms with Crippen LogP contribution in [0.2, 0.25) is 5.02 Å². The maximum Gasteiger partial charge on any atom is 0.257 e. The molecule has 1 aliphatic rings. The molecule has 0 saturated carbocycles. The van der Waals surface area contributed by atoms with Crippen molar-refractivity contribution in [2.24, 2.45) is 0 Å². The molecular weight excluding hydrogens is 372 g/mol. The standard InChI is InChI=1S/C22H21ClN4O/c23-20-9-5-4-8-19(20)22(28)25-17-10-11-21(24-16-17)27-14-12-26(13-15-27)18-6-2-1-3-7-18/h1-11,16H,12-15H2,(H,25,28). The largest absolute Gasteiger partial charge is 0.368 e. The van der Waals surface area contributed by atoms with Crippen molar-refractivity contribution in [3.05, 3.63) is 83.5 Å². The van der Waals surface area contributed by atoms with Gasteiger partial charge in [-0.05, 0) is 36.4 Å². The molecule has 1 saturated heterocycles. The van der Waals surface area contributed by atoms with Gasteiger partial charge in [-0.25, -0.2) is 4.98 Å². The number of rotatable bonds is 4. The molecule has 1 amide bonds. The summed E-state index contributed by atoms with van der Waals surface area (Å²) in [5.41, 5.74) is 2.36. The smallest absolute Gasteiger partial charge is 0.257 e. The van der Waals surface area contributed by atoms with Crippen LogP contribution in [0.25, 0.3) is 0 Å². The highest BCUT2D eigenvalue weighted by Crippen LogP contribution is 2.21. The summed E-state index contributed by atoms with van der Waals surface area (Å²) in [6.07, 6.45) is 1.69. The highest BCUT2D eigenvalue weighted by molar-refractivity contribution is 6.34. The molecule has 0 bridgehead atoms. The van der Waals surface area contributed by atoms with Gasteiger partial charge in [0.15, 0.2) is 0 Å². The SMILES string of the molecule is O=C(Nc1ccc(N2CCN(c3ccccc3)CC2)nc1)c1ccccc1Cl. The molecule has 142 valence electrons. The van der Waals surface area contributed by atoms with Gasteiger partial charge in [0.25, 0.3) is 5.91 Å². The van der Waals surface area contributed by atoms with Crippen molar-refractivity contribution in [2.45, 2.75) is 0 Å². The third-order valence-corrected chi connectivity index (χ3v) is 5.18. The number of nitrogens with zero attached hydrogens (tertiary/aromatic N) is 3. The number of aromatic nitrogens is 1. The van der Waals surface area contributed by atoms with Crippen LogP contribution in [-0.2, 0) is 0 Å². The van der Waals surface area contributed by atoms with Crippen LogP contribution in [0.15, 0.2) is 72.9 Å². The van der Waals surface area contributed by atoms with Crippen LogP contribution in [0.4, 0.5) is 17.2 Å². The molecule has 0 atom stereocenters. The van der Waals surface area contributed by atoms with E-state index in [1.54, 1.807) is 30.5 Å². The van der Waals surface area contributed by atoms with Gasteiger partial charge in [-0.2, -0.15) is 0 Å². The first-order valence-corrected chi connectivity index (χ1v) is 9.65. The first-order valence-electron chi connectivity index (χ1n) is 9.27. The zero-order chi connectivity index (χ0) is 19.3. The second kappa shape index (κ2) is 8.31. The van der Waals surface area contributed by atoms with Gasteiger partial charge in [0.2, 0.25) is 0 Å². The summed E-state index contributed by atoms with van der Waals surface area (Å²) < 4.78 is 0. The molecule has 1 aromatic heterocycles. The molecule has 3 aromatic rings. The van der Waals surface area contributed by atoms with Gasteiger partial charge in [-0.15, -0.1) is 0 Å². The van der Waals surface area contributed by atoms with E-state index in [9.17, 15) is 4.79 Å². The lowest BCUT2D eigenvalue weighted by Crippen LogP contribution is -2.46. The van der Waals surface area contributed by atoms with E-state index in [-0.39, 0.29) is 5.91 Å². The number of amides is 1. The van der Waals surface area contributed by atoms with Crippen LogP contribution < -0.4 is 15.1 Å². The third-order valence-electron chi connectivity index (χ3n) is 4.85. The molecule has 28 heavy (non-hydrogen) atoms. The average Bonchev–Trinajstić information content (AvgIpc) is 2.75. The van der Waals surface area contributed by atoms with Crippen LogP contribution in [0.3, 0.4) is 0 Å². The van der Waals surface area contributed by atoms with Gasteiger partial charge in [-0.3, -0.25) is 4.79 Å². The van der Waals surface area contributed by atoms with Crippen LogP contribution >= 0.6 is 11.6 Å². The molecule has 5 nitrogen and oxygen atoms in total. The molecule has 0 spiro atoms. The summed E-state index contributed by atoms with van der Waals surface area (Å²) in [5.74, 6) is 0.681. The van der Waals surface area contributed by atoms with Crippen molar-refractivity contribution in [1.82, 2.24) is 4.98 Å². The fourth-order valence-electron chi connectivity index (χ4n) is 3.32. The van der Waals surface area contributed by atoms with E-state index in [0.29, 0.717) is 16.3 Å². The summed E-state index contributed by atoms with van der Waals surface area (Å²) >= 11 is 6.08. The summed E-state index contributed by atoms with van der Waals surface area (Å²) in [7, 11) is 0. The van der Waals surface area contributed by atoms with Crippen molar-refractivity contribution in [3.8, 4) is 0 Å². The Morgan fingerprint density at radius 1 is 0.857 bits per heavy atom. The molecule has 6 heteroatoms. The summed E-state index contributed by atoms with van der Waals surface area (Å²) in [6, 6.07) is 21.3. The number of pyridine rings is 1. The Balaban J connectivity index is 1.36. The zero-order valence-corrected chi connectivity index (χ0v) is 16.1. The molecule has 1 fully saturated rings. The van der Waals surface area contributed by atoms with Crippen molar-refractivity contribution in [1.29, 1.82) is 0 Å². The van der Waals surface area contributed by atoms with Gasteiger partial charge in [0.1, 0.15) is 5.82 Å². The van der Waals surface area contributed by atoms with Gasteiger partial charge < -0.3 is 15.1 Å². The first kappa shape index (κ1) is 18.3. The van der Waals surface area contributed by atoms with E-state index in [0.717, 1.165) is 32.0 Å². The fourth-order valence-corrected chi connectivity index (χ4v) is 3.54. The zero-order valence-electron chi connectivity index (χ0n) is 15.4. The van der Waals surface area contributed by atoms with Crippen LogP contribution in [0, 0.1) is 0 Å². The number of halogens is 1. The van der Waals surface area contributed by atoms with E-state index >= 15 is 0 Å². The Labute approximate surface area is 169 Å². The Hall–Kier alpha value is -3.05. The van der Waals surface area contributed by atoms with Crippen molar-refractivity contribution >= 4 is 34.7 Å². The highest BCUT2D eigenvalue weighted by Gasteiger charge is 2.18. The number of carbonyl (C=O) groups excluding carboxylic acids is 1. The Morgan fingerprint density at radius 2 is 1.54 bits per heavy atom. The summed E-state index contributed by atoms with van der Waals surface area (Å²) in [6.45, 7) is 3.73. The molecule has 2 aromatic carbocycles. The van der Waals surface area contributed by atoms with Gasteiger partial charge >= 0.3 is 0 Å². The predicted molar refractivity (Wildman–Crippen MR) is 115 cm³/mol. The van der Waals surface area contributed by atoms with E-state index in [1.807, 2.05) is 18.2 Å². The van der Waals surface area contributed by atoms with E-state index in [4.69, 9.17) is 11.6 Å². The number of anilines is 3. The Bertz CT molecular complexity index is 938. The quantitative estimate of drug-likeness (QED) is 0.718. The topological polar surface area (TPSA) is 48.5 Å². The Kier molecular flexibility index (Phi) is 5.44. The van der Waals surface area contributed by atoms with Crippen LogP contribution in [-0.4, -0.2) is 37.1 Å². The molecule has 1 N–H and O–H groups in total. The van der Waals surface area contributed by atoms with Crippen LogP contribution in [0.1, 0.15) is 10.4 Å². The lowest BCUT2D eigenvalue weighted by Gasteiger charge is -2.36. The minimum Gasteiger partial charge on any atom is -0.368 e. The lowest BCUT2D eigenvalue weighted by atomic mass is 10.2. The summed E-state index contributed by atoms with van der Waals surface area (Å²) in [4.78, 5) is 21.5. The lowest BCUT2D eigenvalue weighted by molar-refractivity contribution is 0.102. The number of benzene rings is 2. The number of hydrogen-bond donors (Lipinski definition) is 1. The molecule has 0 unspecified atom stereocenters.